The number of fused-ring (bicyclic) bond motifs is 1. The predicted molar refractivity (Wildman–Crippen MR) is 93.6 cm³/mol. The van der Waals surface area contributed by atoms with Gasteiger partial charge < -0.3 is 5.32 Å². The number of halogens is 2. The van der Waals surface area contributed by atoms with Crippen LogP contribution < -0.4 is 5.32 Å². The highest BCUT2D eigenvalue weighted by atomic mass is 127. The van der Waals surface area contributed by atoms with Crippen LogP contribution in [0, 0.1) is 9.39 Å². The number of nitrogens with one attached hydrogen (secondary N) is 1. The molecular weight excluding hydrogens is 392 g/mol. The Hall–Kier alpha value is -1.43. The van der Waals surface area contributed by atoms with E-state index in [4.69, 9.17) is 0 Å². The van der Waals surface area contributed by atoms with E-state index in [0.29, 0.717) is 12.5 Å². The summed E-state index contributed by atoms with van der Waals surface area (Å²) in [5.74, 6) is -0.302. The molecule has 2 nitrogen and oxygen atoms in total. The number of carbonyl (C=O) groups is 1. The van der Waals surface area contributed by atoms with E-state index >= 15 is 0 Å². The Kier molecular flexibility index (Phi) is 4.76. The Morgan fingerprint density at radius 2 is 2.09 bits per heavy atom. The molecule has 114 valence electrons. The molecule has 0 saturated heterocycles. The summed E-state index contributed by atoms with van der Waals surface area (Å²) >= 11 is 2.08. The average molecular weight is 409 g/mol. The third-order valence-corrected chi connectivity index (χ3v) is 4.88. The van der Waals surface area contributed by atoms with Gasteiger partial charge in [0.2, 0.25) is 0 Å². The molecule has 0 saturated carbocycles. The third-order valence-electron chi connectivity index (χ3n) is 4.21. The van der Waals surface area contributed by atoms with Crippen LogP contribution >= 0.6 is 22.6 Å². The topological polar surface area (TPSA) is 29.1 Å². The fraction of sp³-hybridized carbons (Fsp3) is 0.278. The van der Waals surface area contributed by atoms with Crippen molar-refractivity contribution < 1.29 is 9.18 Å². The lowest BCUT2D eigenvalue weighted by Gasteiger charge is -2.12. The Bertz CT molecular complexity index is 701. The number of carbonyl (C=O) groups excluding carboxylic acids is 1. The maximum Gasteiger partial charge on any atom is 0.254 e. The number of rotatable bonds is 4. The second-order valence-corrected chi connectivity index (χ2v) is 6.85. The summed E-state index contributed by atoms with van der Waals surface area (Å²) in [5.41, 5.74) is 2.94. The monoisotopic (exact) mass is 409 g/mol. The highest BCUT2D eigenvalue weighted by molar-refractivity contribution is 14.1. The third kappa shape index (κ3) is 3.32. The van der Waals surface area contributed by atoms with Gasteiger partial charge in [-0.15, -0.1) is 0 Å². The van der Waals surface area contributed by atoms with Crippen LogP contribution in [0.4, 0.5) is 4.39 Å². The molecule has 0 heterocycles. The summed E-state index contributed by atoms with van der Waals surface area (Å²) in [4.78, 5) is 12.1. The van der Waals surface area contributed by atoms with Crippen molar-refractivity contribution in [1.29, 1.82) is 0 Å². The number of hydrogen-bond acceptors (Lipinski definition) is 1. The van der Waals surface area contributed by atoms with E-state index < -0.39 is 5.82 Å². The van der Waals surface area contributed by atoms with Crippen molar-refractivity contribution in [2.24, 2.45) is 0 Å². The number of amides is 1. The first kappa shape index (κ1) is 15.5. The quantitative estimate of drug-likeness (QED) is 0.751. The van der Waals surface area contributed by atoms with Crippen LogP contribution in [0.3, 0.4) is 0 Å². The normalized spacial score (nSPS) is 16.4. The van der Waals surface area contributed by atoms with Crippen molar-refractivity contribution >= 4 is 28.5 Å². The molecule has 4 heteroatoms. The molecule has 3 rings (SSSR count). The number of hydrogen-bond donors (Lipinski definition) is 1. The zero-order valence-electron chi connectivity index (χ0n) is 12.1. The molecule has 1 aliphatic rings. The van der Waals surface area contributed by atoms with Gasteiger partial charge in [-0.1, -0.05) is 24.3 Å². The number of benzene rings is 2. The second kappa shape index (κ2) is 6.77. The van der Waals surface area contributed by atoms with Gasteiger partial charge in [0, 0.05) is 10.1 Å². The van der Waals surface area contributed by atoms with Crippen molar-refractivity contribution in [1.82, 2.24) is 5.32 Å². The van der Waals surface area contributed by atoms with E-state index in [2.05, 4.69) is 52.2 Å². The van der Waals surface area contributed by atoms with Crippen molar-refractivity contribution in [2.75, 3.05) is 6.54 Å². The van der Waals surface area contributed by atoms with Gasteiger partial charge in [0.1, 0.15) is 5.82 Å². The second-order valence-electron chi connectivity index (χ2n) is 5.60. The fourth-order valence-electron chi connectivity index (χ4n) is 3.07. The molecule has 1 atom stereocenters. The van der Waals surface area contributed by atoms with Gasteiger partial charge in [-0.2, -0.15) is 0 Å². The van der Waals surface area contributed by atoms with Gasteiger partial charge in [0.05, 0.1) is 5.56 Å². The van der Waals surface area contributed by atoms with Crippen LogP contribution in [-0.4, -0.2) is 12.5 Å². The van der Waals surface area contributed by atoms with Gasteiger partial charge in [-0.25, -0.2) is 4.39 Å². The fourth-order valence-corrected chi connectivity index (χ4v) is 3.56. The standard InChI is InChI=1S/C18H17FINO/c19-17-8-7-14(20)11-16(17)18(22)21-10-9-13-6-5-12-3-1-2-4-15(12)13/h1-4,7-8,11,13H,5-6,9-10H2,(H,21,22). The largest absolute Gasteiger partial charge is 0.352 e. The van der Waals surface area contributed by atoms with Crippen LogP contribution in [-0.2, 0) is 6.42 Å². The summed E-state index contributed by atoms with van der Waals surface area (Å²) in [6.07, 6.45) is 3.14. The molecule has 1 N–H and O–H groups in total. The molecule has 0 radical (unpaired) electrons. The van der Waals surface area contributed by atoms with E-state index in [1.807, 2.05) is 0 Å². The van der Waals surface area contributed by atoms with Gasteiger partial charge in [-0.05, 0) is 77.1 Å². The zero-order valence-corrected chi connectivity index (χ0v) is 14.3. The van der Waals surface area contributed by atoms with Gasteiger partial charge >= 0.3 is 0 Å². The highest BCUT2D eigenvalue weighted by Gasteiger charge is 2.21. The highest BCUT2D eigenvalue weighted by Crippen LogP contribution is 2.34. The van der Waals surface area contributed by atoms with Gasteiger partial charge in [0.25, 0.3) is 5.91 Å². The lowest BCUT2D eigenvalue weighted by molar-refractivity contribution is 0.0948. The Labute approximate surface area is 143 Å². The predicted octanol–water partition coefficient (Wildman–Crippen LogP) is 4.28. The summed E-state index contributed by atoms with van der Waals surface area (Å²) in [5, 5.41) is 2.84. The summed E-state index contributed by atoms with van der Waals surface area (Å²) < 4.78 is 14.5. The molecule has 1 aliphatic carbocycles. The molecule has 1 unspecified atom stereocenters. The summed E-state index contributed by atoms with van der Waals surface area (Å²) in [6.45, 7) is 0.572. The molecule has 22 heavy (non-hydrogen) atoms. The molecule has 1 amide bonds. The Morgan fingerprint density at radius 3 is 2.95 bits per heavy atom. The lowest BCUT2D eigenvalue weighted by atomic mass is 9.98. The molecular formula is C18H17FINO. The van der Waals surface area contributed by atoms with Crippen molar-refractivity contribution in [3.05, 3.63) is 68.5 Å². The van der Waals surface area contributed by atoms with Crippen molar-refractivity contribution in [2.45, 2.75) is 25.2 Å². The Balaban J connectivity index is 1.58. The smallest absolute Gasteiger partial charge is 0.254 e. The first-order valence-corrected chi connectivity index (χ1v) is 8.54. The van der Waals surface area contributed by atoms with Crippen LogP contribution in [0.25, 0.3) is 0 Å². The SMILES string of the molecule is O=C(NCCC1CCc2ccccc21)c1cc(I)ccc1F. The van der Waals surface area contributed by atoms with E-state index in [9.17, 15) is 9.18 Å². The first-order valence-electron chi connectivity index (χ1n) is 7.46. The summed E-state index contributed by atoms with van der Waals surface area (Å²) in [6, 6.07) is 13.1. The van der Waals surface area contributed by atoms with Crippen LogP contribution in [0.1, 0.15) is 40.2 Å². The van der Waals surface area contributed by atoms with Crippen LogP contribution in [0.2, 0.25) is 0 Å². The van der Waals surface area contributed by atoms with E-state index in [-0.39, 0.29) is 11.5 Å². The van der Waals surface area contributed by atoms with E-state index in [0.717, 1.165) is 22.8 Å². The molecule has 0 bridgehead atoms. The molecule has 2 aromatic carbocycles. The van der Waals surface area contributed by atoms with Gasteiger partial charge in [0.15, 0.2) is 0 Å². The maximum absolute atomic E-state index is 13.7. The van der Waals surface area contributed by atoms with E-state index in [1.165, 1.54) is 17.2 Å². The van der Waals surface area contributed by atoms with Crippen molar-refractivity contribution in [3.8, 4) is 0 Å². The van der Waals surface area contributed by atoms with Crippen LogP contribution in [0.15, 0.2) is 42.5 Å². The minimum Gasteiger partial charge on any atom is -0.352 e. The van der Waals surface area contributed by atoms with Gasteiger partial charge in [-0.3, -0.25) is 4.79 Å². The Morgan fingerprint density at radius 1 is 1.27 bits per heavy atom. The number of aryl methyl sites for hydroxylation is 1. The molecule has 2 aromatic rings. The lowest BCUT2D eigenvalue weighted by Crippen LogP contribution is -2.26. The first-order chi connectivity index (χ1) is 10.6. The molecule has 0 aliphatic heterocycles. The van der Waals surface area contributed by atoms with Crippen LogP contribution in [0.5, 0.6) is 0 Å². The summed E-state index contributed by atoms with van der Waals surface area (Å²) in [7, 11) is 0. The molecule has 0 fully saturated rings. The zero-order chi connectivity index (χ0) is 15.5. The average Bonchev–Trinajstić information content (AvgIpc) is 2.93. The maximum atomic E-state index is 13.7. The van der Waals surface area contributed by atoms with Crippen molar-refractivity contribution in [3.63, 3.8) is 0 Å². The van der Waals surface area contributed by atoms with E-state index in [1.54, 1.807) is 12.1 Å². The minimum absolute atomic E-state index is 0.124. The minimum atomic E-state index is -0.468. The molecule has 0 aromatic heterocycles. The molecule has 0 spiro atoms.